The molecule has 1 aliphatic heterocycles. The van der Waals surface area contributed by atoms with Crippen LogP contribution in [0.4, 0.5) is 11.4 Å². The Bertz CT molecular complexity index is 778. The van der Waals surface area contributed by atoms with Gasteiger partial charge in [-0.15, -0.1) is 0 Å². The summed E-state index contributed by atoms with van der Waals surface area (Å²) in [4.78, 5) is 29.6. The van der Waals surface area contributed by atoms with E-state index in [9.17, 15) is 9.59 Å². The van der Waals surface area contributed by atoms with Crippen LogP contribution >= 0.6 is 0 Å². The van der Waals surface area contributed by atoms with Crippen LogP contribution in [0.15, 0.2) is 28.8 Å². The normalized spacial score (nSPS) is 14.1. The smallest absolute Gasteiger partial charge is 0.417 e. The number of anilines is 2. The summed E-state index contributed by atoms with van der Waals surface area (Å²) in [6, 6.07) is 7.08. The lowest BCUT2D eigenvalue weighted by atomic mass is 9.96. The molecule has 0 radical (unpaired) electrons. The number of para-hydroxylation sites is 2. The van der Waals surface area contributed by atoms with Gasteiger partial charge in [0.25, 0.3) is 5.91 Å². The second kappa shape index (κ2) is 5.95. The van der Waals surface area contributed by atoms with Gasteiger partial charge >= 0.3 is 6.08 Å². The van der Waals surface area contributed by atoms with Crippen LogP contribution < -0.4 is 15.0 Å². The van der Waals surface area contributed by atoms with Crippen LogP contribution in [0.25, 0.3) is 0 Å². The van der Waals surface area contributed by atoms with Crippen molar-refractivity contribution in [1.82, 2.24) is 10.1 Å². The second-order valence-electron chi connectivity index (χ2n) is 6.47. The number of ether oxygens (including phenoxy) is 1. The van der Waals surface area contributed by atoms with Gasteiger partial charge in [-0.05, 0) is 12.1 Å². The number of hydrogen-bond acceptors (Lipinski definition) is 6. The number of rotatable bonds is 3. The van der Waals surface area contributed by atoms with Crippen LogP contribution in [0.5, 0.6) is 6.08 Å². The van der Waals surface area contributed by atoms with Crippen molar-refractivity contribution in [3.63, 3.8) is 0 Å². The summed E-state index contributed by atoms with van der Waals surface area (Å²) in [5.41, 5.74) is 0.945. The van der Waals surface area contributed by atoms with Crippen molar-refractivity contribution >= 4 is 23.2 Å². The van der Waals surface area contributed by atoms with Gasteiger partial charge in [0.1, 0.15) is 6.54 Å². The van der Waals surface area contributed by atoms with Crippen LogP contribution in [0.1, 0.15) is 26.6 Å². The summed E-state index contributed by atoms with van der Waals surface area (Å²) < 4.78 is 10.3. The quantitative estimate of drug-likeness (QED) is 0.920. The van der Waals surface area contributed by atoms with Crippen molar-refractivity contribution in [3.05, 3.63) is 30.1 Å². The number of fused-ring (bicyclic) bond motifs is 1. The molecule has 0 unspecified atom stereocenters. The number of carbonyl (C=O) groups is 2. The minimum Gasteiger partial charge on any atom is -0.439 e. The van der Waals surface area contributed by atoms with Crippen LogP contribution in [-0.2, 0) is 15.0 Å². The van der Waals surface area contributed by atoms with Crippen LogP contribution in [-0.4, -0.2) is 35.1 Å². The van der Waals surface area contributed by atoms with E-state index in [1.807, 2.05) is 20.8 Å². The van der Waals surface area contributed by atoms with Crippen molar-refractivity contribution in [2.24, 2.45) is 0 Å². The number of hydrogen-bond donors (Lipinski definition) is 1. The predicted octanol–water partition coefficient (Wildman–Crippen LogP) is 1.73. The van der Waals surface area contributed by atoms with Crippen molar-refractivity contribution < 1.29 is 18.8 Å². The number of amides is 2. The summed E-state index contributed by atoms with van der Waals surface area (Å²) in [5.74, 6) is -0.129. The molecule has 3 rings (SSSR count). The molecule has 126 valence electrons. The molecular weight excluding hydrogens is 312 g/mol. The molecule has 1 aliphatic rings. The van der Waals surface area contributed by atoms with Crippen molar-refractivity contribution in [2.75, 3.05) is 23.4 Å². The highest BCUT2D eigenvalue weighted by molar-refractivity contribution is 6.10. The Hall–Kier alpha value is -2.90. The van der Waals surface area contributed by atoms with E-state index in [2.05, 4.69) is 15.5 Å². The van der Waals surface area contributed by atoms with E-state index < -0.39 is 0 Å². The molecular formula is C16H18N4O4. The van der Waals surface area contributed by atoms with Gasteiger partial charge in [0.15, 0.2) is 12.4 Å². The first-order valence-electron chi connectivity index (χ1n) is 7.51. The third-order valence-electron chi connectivity index (χ3n) is 3.47. The van der Waals surface area contributed by atoms with Crippen molar-refractivity contribution in [3.8, 4) is 6.08 Å². The lowest BCUT2D eigenvalue weighted by Crippen LogP contribution is -2.44. The molecule has 0 bridgehead atoms. The molecule has 1 aromatic heterocycles. The summed E-state index contributed by atoms with van der Waals surface area (Å²) in [6.45, 7) is 5.46. The highest BCUT2D eigenvalue weighted by Gasteiger charge is 2.27. The fourth-order valence-electron chi connectivity index (χ4n) is 2.23. The van der Waals surface area contributed by atoms with Gasteiger partial charge in [0.05, 0.1) is 11.4 Å². The van der Waals surface area contributed by atoms with Crippen molar-refractivity contribution in [2.45, 2.75) is 26.2 Å². The van der Waals surface area contributed by atoms with E-state index in [1.165, 1.54) is 4.90 Å². The molecule has 2 aromatic rings. The number of nitrogens with one attached hydrogen (secondary N) is 1. The lowest BCUT2D eigenvalue weighted by Gasteiger charge is -2.28. The summed E-state index contributed by atoms with van der Waals surface area (Å²) in [6.07, 6.45) is -0.0666. The Morgan fingerprint density at radius 2 is 2.12 bits per heavy atom. The molecule has 2 amide bonds. The number of nitrogens with zero attached hydrogens (tertiary/aromatic N) is 3. The maximum Gasteiger partial charge on any atom is 0.417 e. The van der Waals surface area contributed by atoms with Gasteiger partial charge in [-0.1, -0.05) is 38.1 Å². The zero-order valence-electron chi connectivity index (χ0n) is 13.7. The zero-order valence-corrected chi connectivity index (χ0v) is 13.7. The minimum atomic E-state index is -0.368. The molecule has 8 heteroatoms. The van der Waals surface area contributed by atoms with Crippen LogP contribution in [0, 0.1) is 0 Å². The van der Waals surface area contributed by atoms with Gasteiger partial charge < -0.3 is 10.1 Å². The largest absolute Gasteiger partial charge is 0.439 e. The standard InChI is InChI=1S/C16H18N4O4/c1-16(2,3)14-18-15(24-19-14)23-9-13(22)20-8-12(21)17-10-6-4-5-7-11(10)20/h4-7H,8-9H2,1-3H3,(H,17,21). The van der Waals surface area contributed by atoms with E-state index in [0.29, 0.717) is 17.2 Å². The summed E-state index contributed by atoms with van der Waals surface area (Å²) in [7, 11) is 0. The number of aromatic nitrogens is 2. The Morgan fingerprint density at radius 3 is 2.83 bits per heavy atom. The molecule has 0 aliphatic carbocycles. The number of carbonyl (C=O) groups excluding carboxylic acids is 2. The van der Waals surface area contributed by atoms with Crippen LogP contribution in [0.3, 0.4) is 0 Å². The average molecular weight is 330 g/mol. The van der Waals surface area contributed by atoms with Gasteiger partial charge in [0.2, 0.25) is 5.91 Å². The average Bonchev–Trinajstić information content (AvgIpc) is 3.01. The Balaban J connectivity index is 1.70. The monoisotopic (exact) mass is 330 g/mol. The van der Waals surface area contributed by atoms with Gasteiger partial charge in [0, 0.05) is 5.41 Å². The molecule has 1 aromatic carbocycles. The molecule has 24 heavy (non-hydrogen) atoms. The van der Waals surface area contributed by atoms with E-state index in [4.69, 9.17) is 9.26 Å². The maximum atomic E-state index is 12.4. The molecule has 0 saturated carbocycles. The third kappa shape index (κ3) is 3.22. The third-order valence-corrected chi connectivity index (χ3v) is 3.47. The first kappa shape index (κ1) is 16.0. The molecule has 0 fully saturated rings. The Labute approximate surface area is 138 Å². The molecule has 0 saturated heterocycles. The highest BCUT2D eigenvalue weighted by atomic mass is 16.6. The molecule has 2 heterocycles. The molecule has 8 nitrogen and oxygen atoms in total. The molecule has 1 N–H and O–H groups in total. The number of benzene rings is 1. The first-order valence-corrected chi connectivity index (χ1v) is 7.51. The van der Waals surface area contributed by atoms with Gasteiger partial charge in [-0.25, -0.2) is 0 Å². The fourth-order valence-corrected chi connectivity index (χ4v) is 2.23. The second-order valence-corrected chi connectivity index (χ2v) is 6.47. The minimum absolute atomic E-state index is 0.0592. The molecule has 0 spiro atoms. The Morgan fingerprint density at radius 1 is 1.38 bits per heavy atom. The molecule has 0 atom stereocenters. The predicted molar refractivity (Wildman–Crippen MR) is 85.9 cm³/mol. The first-order chi connectivity index (χ1) is 11.3. The summed E-state index contributed by atoms with van der Waals surface area (Å²) >= 11 is 0. The van der Waals surface area contributed by atoms with Gasteiger partial charge in [-0.2, -0.15) is 4.98 Å². The van der Waals surface area contributed by atoms with Crippen molar-refractivity contribution in [1.29, 1.82) is 0 Å². The van der Waals surface area contributed by atoms with Crippen LogP contribution in [0.2, 0.25) is 0 Å². The van der Waals surface area contributed by atoms with E-state index in [-0.39, 0.29) is 36.5 Å². The fraction of sp³-hybridized carbons (Fsp3) is 0.375. The topological polar surface area (TPSA) is 97.6 Å². The van der Waals surface area contributed by atoms with E-state index in [1.54, 1.807) is 24.3 Å². The lowest BCUT2D eigenvalue weighted by molar-refractivity contribution is -0.123. The highest BCUT2D eigenvalue weighted by Crippen LogP contribution is 2.29. The van der Waals surface area contributed by atoms with E-state index in [0.717, 1.165) is 0 Å². The van der Waals surface area contributed by atoms with E-state index >= 15 is 0 Å². The zero-order chi connectivity index (χ0) is 17.3. The van der Waals surface area contributed by atoms with Gasteiger partial charge in [-0.3, -0.25) is 19.0 Å². The Kier molecular flexibility index (Phi) is 3.96. The summed E-state index contributed by atoms with van der Waals surface area (Å²) in [5, 5.41) is 6.55. The maximum absolute atomic E-state index is 12.4. The SMILES string of the molecule is CC(C)(C)c1noc(OCC(=O)N2CC(=O)Nc3ccccc32)n1.